The number of halogens is 6. The molecule has 4 aliphatic rings. The minimum Gasteiger partial charge on any atom is -0.459 e. The third-order valence-corrected chi connectivity index (χ3v) is 6.91. The summed E-state index contributed by atoms with van der Waals surface area (Å²) >= 11 is 0. The number of carbonyl (C=O) groups excluding carboxylic acids is 2. The van der Waals surface area contributed by atoms with Gasteiger partial charge in [-0.15, -0.1) is 0 Å². The smallest absolute Gasteiger partial charge is 0.449 e. The van der Waals surface area contributed by atoms with Gasteiger partial charge < -0.3 is 9.47 Å². The third kappa shape index (κ3) is 3.60. The predicted molar refractivity (Wildman–Crippen MR) is 91.9 cm³/mol. The van der Waals surface area contributed by atoms with E-state index in [9.17, 15) is 35.9 Å². The lowest BCUT2D eigenvalue weighted by Crippen LogP contribution is -2.66. The summed E-state index contributed by atoms with van der Waals surface area (Å²) < 4.78 is 90.4. The van der Waals surface area contributed by atoms with Crippen molar-refractivity contribution in [3.05, 3.63) is 12.2 Å². The van der Waals surface area contributed by atoms with E-state index in [1.165, 1.54) is 6.92 Å². The maximum absolute atomic E-state index is 13.6. The van der Waals surface area contributed by atoms with E-state index in [0.717, 1.165) is 26.2 Å². The van der Waals surface area contributed by atoms with Crippen LogP contribution in [0.5, 0.6) is 0 Å². The largest absolute Gasteiger partial charge is 0.459 e. The lowest BCUT2D eigenvalue weighted by Gasteiger charge is -2.58. The van der Waals surface area contributed by atoms with Gasteiger partial charge in [-0.1, -0.05) is 6.58 Å². The van der Waals surface area contributed by atoms with Crippen LogP contribution in [0.15, 0.2) is 12.2 Å². The molecule has 4 fully saturated rings. The van der Waals surface area contributed by atoms with Gasteiger partial charge in [-0.2, -0.15) is 26.3 Å². The Labute approximate surface area is 170 Å². The van der Waals surface area contributed by atoms with Gasteiger partial charge in [0.2, 0.25) is 0 Å². The van der Waals surface area contributed by atoms with Gasteiger partial charge >= 0.3 is 29.9 Å². The quantitative estimate of drug-likeness (QED) is 0.337. The van der Waals surface area contributed by atoms with Crippen LogP contribution in [0.2, 0.25) is 0 Å². The molecule has 0 N–H and O–H groups in total. The van der Waals surface area contributed by atoms with Gasteiger partial charge in [-0.25, -0.2) is 9.59 Å². The summed E-state index contributed by atoms with van der Waals surface area (Å²) in [7, 11) is 0. The van der Waals surface area contributed by atoms with Crippen molar-refractivity contribution in [2.24, 2.45) is 23.2 Å². The standard InChI is InChI=1S/C20H24F6O4/c1-10(2)15(27)30-18(19(21,22)23,20(24,25)26)16(28)29-11(3)17-7-12-4-13(8-17)6-14(5-12)9-17/h11-14H,1,4-9H2,2-3H3. The molecule has 0 spiro atoms. The molecule has 170 valence electrons. The van der Waals surface area contributed by atoms with Crippen LogP contribution in [0, 0.1) is 23.2 Å². The molecule has 10 heteroatoms. The topological polar surface area (TPSA) is 52.6 Å². The molecule has 4 aliphatic carbocycles. The molecule has 0 aromatic rings. The molecule has 0 heterocycles. The molecule has 0 aromatic carbocycles. The highest BCUT2D eigenvalue weighted by Crippen LogP contribution is 2.62. The molecule has 0 aromatic heterocycles. The van der Waals surface area contributed by atoms with Gasteiger partial charge in [0.05, 0.1) is 0 Å². The first kappa shape index (κ1) is 22.9. The van der Waals surface area contributed by atoms with E-state index < -0.39 is 47.0 Å². The minimum atomic E-state index is -6.27. The van der Waals surface area contributed by atoms with Crippen LogP contribution >= 0.6 is 0 Å². The van der Waals surface area contributed by atoms with Crippen LogP contribution in [0.25, 0.3) is 0 Å². The van der Waals surface area contributed by atoms with Gasteiger partial charge in [0.25, 0.3) is 0 Å². The maximum Gasteiger partial charge on any atom is 0.449 e. The molecule has 0 aliphatic heterocycles. The average molecular weight is 442 g/mol. The number of rotatable bonds is 5. The monoisotopic (exact) mass is 442 g/mol. The fraction of sp³-hybridized carbons (Fsp3) is 0.800. The Morgan fingerprint density at radius 3 is 1.67 bits per heavy atom. The van der Waals surface area contributed by atoms with E-state index in [1.54, 1.807) is 0 Å². The van der Waals surface area contributed by atoms with Crippen LogP contribution in [-0.4, -0.2) is 36.0 Å². The zero-order valence-electron chi connectivity index (χ0n) is 16.7. The Bertz CT molecular complexity index is 689. The Morgan fingerprint density at radius 1 is 0.933 bits per heavy atom. The van der Waals surface area contributed by atoms with Crippen molar-refractivity contribution in [1.82, 2.24) is 0 Å². The summed E-state index contributed by atoms with van der Waals surface area (Å²) in [6.07, 6.45) is -8.94. The molecule has 0 amide bonds. The number of hydrogen-bond acceptors (Lipinski definition) is 4. The van der Waals surface area contributed by atoms with Gasteiger partial charge in [0, 0.05) is 11.0 Å². The van der Waals surface area contributed by atoms with Crippen molar-refractivity contribution in [3.8, 4) is 0 Å². The zero-order valence-corrected chi connectivity index (χ0v) is 16.7. The van der Waals surface area contributed by atoms with Crippen LogP contribution in [-0.2, 0) is 19.1 Å². The van der Waals surface area contributed by atoms with E-state index in [2.05, 4.69) is 11.3 Å². The molecule has 0 radical (unpaired) electrons. The number of alkyl halides is 6. The normalized spacial score (nSPS) is 31.9. The fourth-order valence-corrected chi connectivity index (χ4v) is 5.82. The number of hydrogen-bond donors (Lipinski definition) is 0. The average Bonchev–Trinajstić information content (AvgIpc) is 2.55. The summed E-state index contributed by atoms with van der Waals surface area (Å²) in [6.45, 7) is 5.20. The molecule has 4 bridgehead atoms. The highest BCUT2D eigenvalue weighted by Gasteiger charge is 2.81. The molecule has 0 saturated heterocycles. The zero-order chi connectivity index (χ0) is 22.7. The molecule has 1 unspecified atom stereocenters. The Kier molecular flexibility index (Phi) is 5.47. The SMILES string of the molecule is C=C(C)C(=O)OC(C(=O)OC(C)C12CC3CC(CC(C3)C1)C2)(C(F)(F)F)C(F)(F)F. The molecule has 1 atom stereocenters. The van der Waals surface area contributed by atoms with Gasteiger partial charge in [-0.3, -0.25) is 0 Å². The van der Waals surface area contributed by atoms with Crippen molar-refractivity contribution in [2.45, 2.75) is 76.4 Å². The van der Waals surface area contributed by atoms with E-state index >= 15 is 0 Å². The van der Waals surface area contributed by atoms with E-state index in [1.807, 2.05) is 0 Å². The van der Waals surface area contributed by atoms with Gasteiger partial charge in [0.1, 0.15) is 6.10 Å². The first-order valence-corrected chi connectivity index (χ1v) is 9.84. The molecule has 4 nitrogen and oxygen atoms in total. The Morgan fingerprint density at radius 2 is 1.33 bits per heavy atom. The second-order valence-electron chi connectivity index (χ2n) is 9.17. The predicted octanol–water partition coefficient (Wildman–Crippen LogP) is 5.12. The fourth-order valence-electron chi connectivity index (χ4n) is 5.82. The summed E-state index contributed by atoms with van der Waals surface area (Å²) in [4.78, 5) is 24.1. The summed E-state index contributed by atoms with van der Waals surface area (Å²) in [5.74, 6) is -3.62. The van der Waals surface area contributed by atoms with Crippen LogP contribution in [0.1, 0.15) is 52.4 Å². The summed E-state index contributed by atoms with van der Waals surface area (Å²) in [5, 5.41) is 0. The molecule has 4 saturated carbocycles. The summed E-state index contributed by atoms with van der Waals surface area (Å²) in [5.41, 5.74) is -6.77. The first-order chi connectivity index (χ1) is 13.6. The van der Waals surface area contributed by atoms with Crippen molar-refractivity contribution < 1.29 is 45.4 Å². The summed E-state index contributed by atoms with van der Waals surface area (Å²) in [6, 6.07) is 0. The third-order valence-electron chi connectivity index (χ3n) is 6.91. The number of carbonyl (C=O) groups is 2. The van der Waals surface area contributed by atoms with Crippen LogP contribution < -0.4 is 0 Å². The van der Waals surface area contributed by atoms with Gasteiger partial charge in [-0.05, 0) is 70.1 Å². The Hall–Kier alpha value is -1.74. The molecule has 30 heavy (non-hydrogen) atoms. The lowest BCUT2D eigenvalue weighted by atomic mass is 9.48. The Balaban J connectivity index is 1.91. The van der Waals surface area contributed by atoms with E-state index in [-0.39, 0.29) is 0 Å². The highest BCUT2D eigenvalue weighted by molar-refractivity contribution is 5.92. The van der Waals surface area contributed by atoms with Crippen molar-refractivity contribution >= 4 is 11.9 Å². The van der Waals surface area contributed by atoms with Gasteiger partial charge in [0.15, 0.2) is 0 Å². The first-order valence-electron chi connectivity index (χ1n) is 9.84. The molecular weight excluding hydrogens is 418 g/mol. The maximum atomic E-state index is 13.6. The second-order valence-corrected chi connectivity index (χ2v) is 9.17. The number of ether oxygens (including phenoxy) is 2. The molecule has 4 rings (SSSR count). The molecular formula is C20H24F6O4. The van der Waals surface area contributed by atoms with E-state index in [0.29, 0.717) is 37.0 Å². The number of esters is 2. The highest BCUT2D eigenvalue weighted by atomic mass is 19.4. The lowest BCUT2D eigenvalue weighted by molar-refractivity contribution is -0.360. The van der Waals surface area contributed by atoms with Crippen LogP contribution in [0.4, 0.5) is 26.3 Å². The van der Waals surface area contributed by atoms with Crippen molar-refractivity contribution in [2.75, 3.05) is 0 Å². The second kappa shape index (κ2) is 7.15. The minimum absolute atomic E-state index is 0.341. The van der Waals surface area contributed by atoms with Crippen LogP contribution in [0.3, 0.4) is 0 Å². The van der Waals surface area contributed by atoms with E-state index in [4.69, 9.17) is 4.74 Å². The van der Waals surface area contributed by atoms with Crippen molar-refractivity contribution in [3.63, 3.8) is 0 Å². The van der Waals surface area contributed by atoms with Crippen molar-refractivity contribution in [1.29, 1.82) is 0 Å².